The van der Waals surface area contributed by atoms with Gasteiger partial charge in [0.1, 0.15) is 11.4 Å². The molecule has 0 aliphatic rings. The molecule has 0 unspecified atom stereocenters. The second kappa shape index (κ2) is 6.24. The number of rotatable bonds is 4. The van der Waals surface area contributed by atoms with E-state index in [9.17, 15) is 4.79 Å². The molecule has 0 radical (unpaired) electrons. The number of carbonyl (C=O) groups excluding carboxylic acids is 1. The molecule has 0 bridgehead atoms. The molecule has 18 heavy (non-hydrogen) atoms. The Morgan fingerprint density at radius 3 is 2.33 bits per heavy atom. The van der Waals surface area contributed by atoms with Crippen molar-refractivity contribution in [2.24, 2.45) is 0 Å². The van der Waals surface area contributed by atoms with Gasteiger partial charge in [0.25, 0.3) is 0 Å². The Bertz CT molecular complexity index is 410. The number of hydrogen-bond donors (Lipinski definition) is 0. The summed E-state index contributed by atoms with van der Waals surface area (Å²) in [6, 6.07) is 7.74. The summed E-state index contributed by atoms with van der Waals surface area (Å²) in [4.78, 5) is 11.4. The zero-order chi connectivity index (χ0) is 13.6. The van der Waals surface area contributed by atoms with Crippen LogP contribution in [-0.2, 0) is 16.0 Å². The van der Waals surface area contributed by atoms with Gasteiger partial charge in [-0.1, -0.05) is 18.2 Å². The van der Waals surface area contributed by atoms with Gasteiger partial charge < -0.3 is 9.47 Å². The summed E-state index contributed by atoms with van der Waals surface area (Å²) in [6.45, 7) is 5.55. The predicted octanol–water partition coefficient (Wildman–Crippen LogP) is 3.14. The van der Waals surface area contributed by atoms with Crippen molar-refractivity contribution in [3.63, 3.8) is 0 Å². The van der Waals surface area contributed by atoms with E-state index in [0.29, 0.717) is 6.42 Å². The number of hydrogen-bond acceptors (Lipinski definition) is 3. The van der Waals surface area contributed by atoms with Crippen LogP contribution < -0.4 is 4.74 Å². The molecule has 0 spiro atoms. The van der Waals surface area contributed by atoms with Gasteiger partial charge in [-0.3, -0.25) is 0 Å². The summed E-state index contributed by atoms with van der Waals surface area (Å²) >= 11 is 0. The minimum absolute atomic E-state index is 0.309. The van der Waals surface area contributed by atoms with Crippen molar-refractivity contribution in [2.45, 2.75) is 32.8 Å². The van der Waals surface area contributed by atoms with Gasteiger partial charge in [-0.05, 0) is 44.9 Å². The van der Waals surface area contributed by atoms with E-state index in [2.05, 4.69) is 0 Å². The fourth-order valence-electron chi connectivity index (χ4n) is 1.39. The van der Waals surface area contributed by atoms with Crippen molar-refractivity contribution in [1.29, 1.82) is 0 Å². The Morgan fingerprint density at radius 1 is 1.22 bits per heavy atom. The minimum Gasteiger partial charge on any atom is -0.497 e. The standard InChI is InChI=1S/C15H20O3/c1-15(2,3)18-14(16)7-5-6-12-8-10-13(17-4)11-9-12/h5,7-11H,6H2,1-4H3/b7-5+. The van der Waals surface area contributed by atoms with Crippen molar-refractivity contribution >= 4 is 5.97 Å². The van der Waals surface area contributed by atoms with Gasteiger partial charge in [-0.15, -0.1) is 0 Å². The average Bonchev–Trinajstić information content (AvgIpc) is 2.27. The highest BCUT2D eigenvalue weighted by atomic mass is 16.6. The third-order valence-corrected chi connectivity index (χ3v) is 2.17. The highest BCUT2D eigenvalue weighted by Gasteiger charge is 2.13. The van der Waals surface area contributed by atoms with E-state index in [1.807, 2.05) is 45.0 Å². The van der Waals surface area contributed by atoms with E-state index < -0.39 is 5.60 Å². The lowest BCUT2D eigenvalue weighted by Gasteiger charge is -2.17. The number of carbonyl (C=O) groups is 1. The molecule has 3 heteroatoms. The van der Waals surface area contributed by atoms with Gasteiger partial charge in [-0.2, -0.15) is 0 Å². The fourth-order valence-corrected chi connectivity index (χ4v) is 1.39. The number of methoxy groups -OCH3 is 1. The van der Waals surface area contributed by atoms with E-state index in [-0.39, 0.29) is 5.97 Å². The third-order valence-electron chi connectivity index (χ3n) is 2.17. The monoisotopic (exact) mass is 248 g/mol. The molecule has 0 aliphatic carbocycles. The first kappa shape index (κ1) is 14.3. The molecule has 3 nitrogen and oxygen atoms in total. The second-order valence-electron chi connectivity index (χ2n) is 4.99. The number of benzene rings is 1. The van der Waals surface area contributed by atoms with Gasteiger partial charge in [0.2, 0.25) is 0 Å². The molecule has 0 saturated heterocycles. The van der Waals surface area contributed by atoms with Crippen LogP contribution in [0.25, 0.3) is 0 Å². The van der Waals surface area contributed by atoms with Crippen LogP contribution in [0, 0.1) is 0 Å². The smallest absolute Gasteiger partial charge is 0.330 e. The molecule has 0 aliphatic heterocycles. The molecule has 0 heterocycles. The summed E-state index contributed by atoms with van der Waals surface area (Å²) in [6.07, 6.45) is 3.97. The van der Waals surface area contributed by atoms with Crippen molar-refractivity contribution < 1.29 is 14.3 Å². The van der Waals surface area contributed by atoms with E-state index in [1.165, 1.54) is 6.08 Å². The van der Waals surface area contributed by atoms with Crippen LogP contribution in [0.4, 0.5) is 0 Å². The van der Waals surface area contributed by atoms with Gasteiger partial charge >= 0.3 is 5.97 Å². The van der Waals surface area contributed by atoms with E-state index >= 15 is 0 Å². The van der Waals surface area contributed by atoms with Crippen LogP contribution in [0.5, 0.6) is 5.75 Å². The fraction of sp³-hybridized carbons (Fsp3) is 0.400. The van der Waals surface area contributed by atoms with Crippen molar-refractivity contribution in [3.05, 3.63) is 42.0 Å². The van der Waals surface area contributed by atoms with Crippen LogP contribution in [0.3, 0.4) is 0 Å². The van der Waals surface area contributed by atoms with Crippen LogP contribution in [-0.4, -0.2) is 18.7 Å². The second-order valence-corrected chi connectivity index (χ2v) is 4.99. The van der Waals surface area contributed by atoms with E-state index in [0.717, 1.165) is 11.3 Å². The maximum Gasteiger partial charge on any atom is 0.330 e. The lowest BCUT2D eigenvalue weighted by molar-refractivity contribution is -0.148. The molecule has 1 aromatic rings. The largest absolute Gasteiger partial charge is 0.497 e. The Morgan fingerprint density at radius 2 is 1.83 bits per heavy atom. The highest BCUT2D eigenvalue weighted by Crippen LogP contribution is 2.12. The lowest BCUT2D eigenvalue weighted by Crippen LogP contribution is -2.22. The molecular formula is C15H20O3. The maximum atomic E-state index is 11.4. The van der Waals surface area contributed by atoms with Crippen LogP contribution in [0.2, 0.25) is 0 Å². The van der Waals surface area contributed by atoms with Crippen LogP contribution >= 0.6 is 0 Å². The molecule has 0 atom stereocenters. The molecule has 1 rings (SSSR count). The highest BCUT2D eigenvalue weighted by molar-refractivity contribution is 5.82. The predicted molar refractivity (Wildman–Crippen MR) is 71.7 cm³/mol. The lowest BCUT2D eigenvalue weighted by atomic mass is 10.1. The molecule has 98 valence electrons. The van der Waals surface area contributed by atoms with Gasteiger partial charge in [0, 0.05) is 6.08 Å². The zero-order valence-electron chi connectivity index (χ0n) is 11.4. The van der Waals surface area contributed by atoms with Gasteiger partial charge in [0.15, 0.2) is 0 Å². The quantitative estimate of drug-likeness (QED) is 0.606. The maximum absolute atomic E-state index is 11.4. The van der Waals surface area contributed by atoms with Gasteiger partial charge in [-0.25, -0.2) is 4.79 Å². The number of esters is 1. The normalized spacial score (nSPS) is 11.6. The Hall–Kier alpha value is -1.77. The van der Waals surface area contributed by atoms with Gasteiger partial charge in [0.05, 0.1) is 7.11 Å². The molecule has 0 saturated carbocycles. The molecule has 0 aromatic heterocycles. The first-order valence-corrected chi connectivity index (χ1v) is 5.93. The SMILES string of the molecule is COc1ccc(C/C=C/C(=O)OC(C)(C)C)cc1. The number of allylic oxidation sites excluding steroid dienone is 1. The average molecular weight is 248 g/mol. The van der Waals surface area contributed by atoms with Crippen LogP contribution in [0.1, 0.15) is 26.3 Å². The zero-order valence-corrected chi connectivity index (χ0v) is 11.4. The summed E-state index contributed by atoms with van der Waals surface area (Å²) in [5, 5.41) is 0. The summed E-state index contributed by atoms with van der Waals surface area (Å²) in [5.74, 6) is 0.519. The molecule has 0 amide bonds. The first-order valence-electron chi connectivity index (χ1n) is 5.93. The number of ether oxygens (including phenoxy) is 2. The van der Waals surface area contributed by atoms with Crippen molar-refractivity contribution in [3.8, 4) is 5.75 Å². The minimum atomic E-state index is -0.443. The Kier molecular flexibility index (Phi) is 4.95. The molecule has 0 N–H and O–H groups in total. The summed E-state index contributed by atoms with van der Waals surface area (Å²) in [5.41, 5.74) is 0.678. The topological polar surface area (TPSA) is 35.5 Å². The van der Waals surface area contributed by atoms with Crippen molar-refractivity contribution in [2.75, 3.05) is 7.11 Å². The van der Waals surface area contributed by atoms with E-state index in [4.69, 9.17) is 9.47 Å². The van der Waals surface area contributed by atoms with Crippen molar-refractivity contribution in [1.82, 2.24) is 0 Å². The summed E-state index contributed by atoms with van der Waals surface area (Å²) in [7, 11) is 1.64. The van der Waals surface area contributed by atoms with E-state index in [1.54, 1.807) is 13.2 Å². The van der Waals surface area contributed by atoms with Crippen LogP contribution in [0.15, 0.2) is 36.4 Å². The summed E-state index contributed by atoms with van der Waals surface area (Å²) < 4.78 is 10.2. The molecule has 0 fully saturated rings. The molecule has 1 aromatic carbocycles. The molecular weight excluding hydrogens is 228 g/mol. The first-order chi connectivity index (χ1) is 8.40. The third kappa shape index (κ3) is 5.53. The Labute approximate surface area is 108 Å². The Balaban J connectivity index is 2.46.